The van der Waals surface area contributed by atoms with Gasteiger partial charge >= 0.3 is 12.9 Å². The van der Waals surface area contributed by atoms with E-state index in [2.05, 4.69) is 138 Å². The number of nitrogens with zero attached hydrogens (tertiary/aromatic N) is 23. The average molecular weight is 2050 g/mol. The Morgan fingerprint density at radius 2 is 0.940 bits per heavy atom. The zero-order valence-electron chi connectivity index (χ0n) is 76.1. The fraction of sp³-hybridized carbons (Fsp3) is 0.453. The normalized spacial score (nSPS) is 15.0. The van der Waals surface area contributed by atoms with Gasteiger partial charge in [-0.15, -0.1) is 11.3 Å². The number of hydrogen-bond acceptors (Lipinski definition) is 32. The van der Waals surface area contributed by atoms with Crippen LogP contribution in [0.3, 0.4) is 0 Å². The number of aryl methyl sites for hydroxylation is 4. The smallest absolute Gasteiger partial charge is 0.423 e. The first-order valence-corrected chi connectivity index (χ1v) is 46.2. The number of nitro groups is 1. The molecule has 0 spiro atoms. The van der Waals surface area contributed by atoms with E-state index in [1.165, 1.54) is 62.7 Å². The highest BCUT2D eigenvalue weighted by molar-refractivity contribution is 9.11. The van der Waals surface area contributed by atoms with Crippen LogP contribution >= 0.6 is 59.1 Å². The van der Waals surface area contributed by atoms with Crippen molar-refractivity contribution in [1.29, 1.82) is 0 Å². The summed E-state index contributed by atoms with van der Waals surface area (Å²) in [5.74, 6) is 2.52. The van der Waals surface area contributed by atoms with Crippen LogP contribution in [0.15, 0.2) is 135 Å². The van der Waals surface area contributed by atoms with Crippen molar-refractivity contribution in [3.8, 4) is 16.9 Å². The van der Waals surface area contributed by atoms with E-state index in [0.29, 0.717) is 94.1 Å². The maximum Gasteiger partial charge on any atom is 0.490 e. The minimum absolute atomic E-state index is 0.0248. The molecule has 18 rings (SSSR count). The molecule has 0 bridgehead atoms. The lowest BCUT2D eigenvalue weighted by Crippen LogP contribution is -2.35. The van der Waals surface area contributed by atoms with Crippen LogP contribution in [0, 0.1) is 15.5 Å². The molecule has 0 radical (unpaired) electrons. The Kier molecular flexibility index (Phi) is 34.0. The standard InChI is InChI=1S/C32H34N8O4S.C15H22BN5O4.C15H20BrN5O2.C9H14N4O3.C9H16N4O.C6H5Br2NO/c1-32(2)13-22-23-15-34-40(31(43)28(23)45-26(22)14-32)29-24(18-41)21(5-6-33-29)19-11-25(30(42)37(3)16-19)35-27-12-20-17-38(9-10-44-4)7-8-39(20)36-27;1-19-9-11(16(23)24)7-13(15(19)22)17-14-8-12-10-20(5-6-25-2)3-4-21(12)18-14;1-19-9-11(16)7-13(15(19)22)17-14-8-12-10-20(5-6-23-2)3-4-21(12)18-14;1-16-5-4-11-2-3-12-8(7-11)6-9(10-12)13(14)15;1-14-5-4-12-2-3-13-8(7-12)6-9(10)11-13;1-9-3-4(7)2-5(8)6(9)10/h5-6,11-12,15-16,18H,7-10,13-14,17H2,1-4H3,(H,35,36);7-9,23-24H,3-6,10H2,1-2H3,(H,17,18);7-9H,3-6,10H2,1-2H3,(H,17,18);6H,2-5,7H2,1H3;6H,2-5,7H2,1H3,(H2,10,11);2-3H,1H3. The molecule has 0 aromatic carbocycles. The van der Waals surface area contributed by atoms with Crippen molar-refractivity contribution in [2.45, 2.75) is 92.1 Å². The second-order valence-corrected chi connectivity index (χ2v) is 37.3. The molecule has 12 aromatic heterocycles. The van der Waals surface area contributed by atoms with Gasteiger partial charge in [0.2, 0.25) is 0 Å². The van der Waals surface area contributed by atoms with Gasteiger partial charge in [0.15, 0.2) is 29.6 Å². The van der Waals surface area contributed by atoms with Gasteiger partial charge in [-0.25, -0.2) is 4.98 Å². The number of hydrogen-bond donors (Lipinski definition) is 6. The van der Waals surface area contributed by atoms with Crippen molar-refractivity contribution in [3.63, 3.8) is 0 Å². The van der Waals surface area contributed by atoms with Crippen LogP contribution in [0.1, 0.15) is 63.1 Å². The number of carbonyl (C=O) groups excluding carboxylic acids is 1. The van der Waals surface area contributed by atoms with Crippen LogP contribution in [0.5, 0.6) is 0 Å². The molecule has 0 unspecified atom stereocenters. The molecule has 0 fully saturated rings. The van der Waals surface area contributed by atoms with Crippen LogP contribution < -0.4 is 54.9 Å². The lowest BCUT2D eigenvalue weighted by atomic mass is 9.81. The number of rotatable bonds is 26. The van der Waals surface area contributed by atoms with Gasteiger partial charge in [0, 0.05) is 247 Å². The molecule has 42 nitrogen and oxygen atoms in total. The quantitative estimate of drug-likeness (QED) is 0.0165. The van der Waals surface area contributed by atoms with Crippen LogP contribution in [-0.2, 0) is 130 Å². The van der Waals surface area contributed by atoms with Crippen molar-refractivity contribution >= 4 is 134 Å². The van der Waals surface area contributed by atoms with Crippen molar-refractivity contribution < 1.29 is 43.5 Å². The molecular formula is C86H111BBr3N27O15S. The first-order chi connectivity index (χ1) is 63.8. The summed E-state index contributed by atoms with van der Waals surface area (Å²) >= 11 is 11.3. The first-order valence-electron chi connectivity index (χ1n) is 43.0. The second kappa shape index (κ2) is 45.4. The molecule has 0 saturated carbocycles. The van der Waals surface area contributed by atoms with Crippen molar-refractivity contribution in [2.75, 3.05) is 156 Å². The molecule has 710 valence electrons. The summed E-state index contributed by atoms with van der Waals surface area (Å²) < 4.78 is 45.0. The molecular weight excluding hydrogens is 1930 g/mol. The number of aromatic nitrogens is 17. The number of nitrogens with one attached hydrogen (secondary N) is 3. The van der Waals surface area contributed by atoms with Gasteiger partial charge in [-0.2, -0.15) is 34.9 Å². The Morgan fingerprint density at radius 3 is 1.39 bits per heavy atom. The molecule has 7 N–H and O–H groups in total. The molecule has 133 heavy (non-hydrogen) atoms. The summed E-state index contributed by atoms with van der Waals surface area (Å²) in [6.45, 7) is 25.0. The van der Waals surface area contributed by atoms with E-state index in [4.69, 9.17) is 29.4 Å². The summed E-state index contributed by atoms with van der Waals surface area (Å²) in [5.41, 5.74) is 14.0. The average Bonchev–Trinajstić information content (AvgIpc) is 1.60. The van der Waals surface area contributed by atoms with E-state index in [9.17, 15) is 48.9 Å². The van der Waals surface area contributed by atoms with E-state index in [1.807, 2.05) is 43.0 Å². The fourth-order valence-electron chi connectivity index (χ4n) is 16.2. The molecule has 0 atom stereocenters. The number of thiophene rings is 1. The van der Waals surface area contributed by atoms with Gasteiger partial charge in [0.05, 0.1) is 122 Å². The second-order valence-electron chi connectivity index (χ2n) is 33.5. The Morgan fingerprint density at radius 1 is 0.526 bits per heavy atom. The lowest BCUT2D eigenvalue weighted by molar-refractivity contribution is -0.389. The highest BCUT2D eigenvalue weighted by Gasteiger charge is 2.34. The van der Waals surface area contributed by atoms with E-state index in [0.717, 1.165) is 181 Å². The maximum atomic E-state index is 13.7. The predicted molar refractivity (Wildman–Crippen MR) is 516 cm³/mol. The van der Waals surface area contributed by atoms with Crippen molar-refractivity contribution in [2.24, 2.45) is 33.6 Å². The summed E-state index contributed by atoms with van der Waals surface area (Å²) in [5, 5.41) is 65.7. The number of nitrogen functional groups attached to an aromatic ring is 1. The molecule has 47 heteroatoms. The number of aldehydes is 1. The monoisotopic (exact) mass is 2040 g/mol. The molecule has 1 aliphatic carbocycles. The molecule has 6 aliphatic rings. The minimum atomic E-state index is -1.64. The van der Waals surface area contributed by atoms with Crippen LogP contribution in [0.2, 0.25) is 0 Å². The molecule has 0 saturated heterocycles. The Labute approximate surface area is 795 Å². The summed E-state index contributed by atoms with van der Waals surface area (Å²) in [6, 6.07) is 17.7. The van der Waals surface area contributed by atoms with Crippen LogP contribution in [-0.4, -0.2) is 269 Å². The third-order valence-electron chi connectivity index (χ3n) is 23.1. The van der Waals surface area contributed by atoms with Crippen LogP contribution in [0.4, 0.5) is 46.2 Å². The number of carbonyl (C=O) groups is 1. The Hall–Kier alpha value is -10.9. The topological polar surface area (TPSA) is 450 Å². The van der Waals surface area contributed by atoms with Gasteiger partial charge < -0.3 is 83.8 Å². The number of anilines is 7. The van der Waals surface area contributed by atoms with Crippen molar-refractivity contribution in [1.82, 2.24) is 106 Å². The maximum absolute atomic E-state index is 13.7. The third kappa shape index (κ3) is 25.2. The van der Waals surface area contributed by atoms with Gasteiger partial charge in [-0.05, 0) is 112 Å². The number of halogens is 3. The lowest BCUT2D eigenvalue weighted by Gasteiger charge is -2.26. The first kappa shape index (κ1) is 99.6. The van der Waals surface area contributed by atoms with Gasteiger partial charge in [-0.1, -0.05) is 13.8 Å². The summed E-state index contributed by atoms with van der Waals surface area (Å²) in [7, 11) is 13.5. The number of methoxy groups -OCH3 is 5. The third-order valence-corrected chi connectivity index (χ3v) is 25.8. The van der Waals surface area contributed by atoms with E-state index in [1.54, 1.807) is 130 Å². The number of fused-ring (bicyclic) bond motifs is 8. The number of ether oxygens (including phenoxy) is 5. The van der Waals surface area contributed by atoms with Gasteiger partial charge in [0.1, 0.15) is 27.6 Å². The molecule has 17 heterocycles. The minimum Gasteiger partial charge on any atom is -0.423 e. The zero-order valence-corrected chi connectivity index (χ0v) is 81.7. The highest BCUT2D eigenvalue weighted by Crippen LogP contribution is 2.44. The molecule has 12 aromatic rings. The van der Waals surface area contributed by atoms with Crippen molar-refractivity contribution in [3.05, 3.63) is 218 Å². The number of pyridine rings is 5. The fourth-order valence-corrected chi connectivity index (χ4v) is 19.6. The molecule has 5 aliphatic heterocycles. The van der Waals surface area contributed by atoms with Crippen LogP contribution in [0.25, 0.3) is 27.0 Å². The summed E-state index contributed by atoms with van der Waals surface area (Å²) in [6.07, 6.45) is 12.3. The number of nitrogens with two attached hydrogens (primary N) is 1. The Bertz CT molecular complexity index is 6410. The van der Waals surface area contributed by atoms with E-state index in [-0.39, 0.29) is 61.6 Å². The van der Waals surface area contributed by atoms with E-state index < -0.39 is 12.0 Å². The highest BCUT2D eigenvalue weighted by atomic mass is 79.9. The van der Waals surface area contributed by atoms with Gasteiger partial charge in [-0.3, -0.25) is 72.0 Å². The van der Waals surface area contributed by atoms with Gasteiger partial charge in [0.25, 0.3) is 27.8 Å². The Balaban J connectivity index is 0.000000146. The molecule has 0 amide bonds. The largest absolute Gasteiger partial charge is 0.490 e. The van der Waals surface area contributed by atoms with E-state index >= 15 is 0 Å². The predicted octanol–water partition coefficient (Wildman–Crippen LogP) is 5.66. The SMILES string of the molecule is COCCN1CCn2nc(N)cc2C1.COCCN1CCn2nc(Nc3cc(-c4ccnc(-n5ncc6c7c(sc6c5=O)CC(C)(C)C7)c4C=O)cn(C)c3=O)cc2C1.COCCN1CCn2nc(Nc3cc(B(O)O)cn(C)c3=O)cc2C1.COCCN1CCn2nc(Nc3cc(Br)cn(C)c3=O)cc2C1.COCCN1CCn2nc([N+](=O)[O-])cc2C1.Cn1cc(Br)cc(Br)c1=O. The zero-order chi connectivity index (χ0) is 95.1. The summed E-state index contributed by atoms with van der Waals surface area (Å²) in [4.78, 5) is 102.